The summed E-state index contributed by atoms with van der Waals surface area (Å²) in [6, 6.07) is 9.22. The summed E-state index contributed by atoms with van der Waals surface area (Å²) in [6.45, 7) is 4.57. The maximum atomic E-state index is 12.0. The van der Waals surface area contributed by atoms with Crippen LogP contribution in [0.15, 0.2) is 29.1 Å². The van der Waals surface area contributed by atoms with Crippen LogP contribution in [0, 0.1) is 18.3 Å². The predicted molar refractivity (Wildman–Crippen MR) is 93.5 cm³/mol. The van der Waals surface area contributed by atoms with Gasteiger partial charge in [-0.15, -0.1) is 0 Å². The van der Waals surface area contributed by atoms with E-state index in [0.717, 1.165) is 24.8 Å². The Labute approximate surface area is 141 Å². The Morgan fingerprint density at radius 3 is 2.67 bits per heavy atom. The van der Waals surface area contributed by atoms with E-state index in [1.54, 1.807) is 26.2 Å². The number of nitrogens with zero attached hydrogens (tertiary/aromatic N) is 1. The molecular weight excluding hydrogens is 304 g/mol. The van der Waals surface area contributed by atoms with E-state index in [0.29, 0.717) is 29.4 Å². The molecule has 126 valence electrons. The van der Waals surface area contributed by atoms with Crippen molar-refractivity contribution in [3.05, 3.63) is 45.9 Å². The number of aromatic nitrogens is 1. The van der Waals surface area contributed by atoms with Gasteiger partial charge in [-0.1, -0.05) is 25.8 Å². The first kappa shape index (κ1) is 17.6. The number of hydrogen-bond acceptors (Lipinski definition) is 4. The number of nitriles is 1. The third-order valence-electron chi connectivity index (χ3n) is 3.76. The first-order valence-electron chi connectivity index (χ1n) is 8.06. The molecule has 2 aromatic rings. The molecule has 0 atom stereocenters. The highest BCUT2D eigenvalue weighted by Crippen LogP contribution is 2.33. The van der Waals surface area contributed by atoms with Crippen LogP contribution in [0.5, 0.6) is 11.5 Å². The molecule has 0 saturated heterocycles. The Kier molecular flexibility index (Phi) is 6.02. The lowest BCUT2D eigenvalue weighted by molar-refractivity contribution is 0.286. The molecule has 5 heteroatoms. The van der Waals surface area contributed by atoms with Crippen molar-refractivity contribution in [2.75, 3.05) is 13.7 Å². The second-order valence-corrected chi connectivity index (χ2v) is 5.60. The Balaban J connectivity index is 2.37. The van der Waals surface area contributed by atoms with Gasteiger partial charge in [-0.3, -0.25) is 4.79 Å². The van der Waals surface area contributed by atoms with Crippen LogP contribution in [-0.4, -0.2) is 18.7 Å². The summed E-state index contributed by atoms with van der Waals surface area (Å²) in [4.78, 5) is 14.6. The van der Waals surface area contributed by atoms with E-state index < -0.39 is 0 Å². The zero-order valence-electron chi connectivity index (χ0n) is 14.3. The third-order valence-corrected chi connectivity index (χ3v) is 3.76. The van der Waals surface area contributed by atoms with Crippen LogP contribution in [0.4, 0.5) is 0 Å². The third kappa shape index (κ3) is 3.96. The lowest BCUT2D eigenvalue weighted by atomic mass is 10.0. The fraction of sp³-hybridized carbons (Fsp3) is 0.368. The number of hydrogen-bond donors (Lipinski definition) is 1. The molecule has 0 saturated carbocycles. The number of methoxy groups -OCH3 is 1. The summed E-state index contributed by atoms with van der Waals surface area (Å²) in [5.74, 6) is 1.25. The van der Waals surface area contributed by atoms with Gasteiger partial charge in [0.15, 0.2) is 11.5 Å². The van der Waals surface area contributed by atoms with E-state index in [4.69, 9.17) is 9.47 Å². The summed E-state index contributed by atoms with van der Waals surface area (Å²) in [5, 5.41) is 9.27. The van der Waals surface area contributed by atoms with Crippen molar-refractivity contribution in [1.29, 1.82) is 5.26 Å². The summed E-state index contributed by atoms with van der Waals surface area (Å²) < 4.78 is 11.2. The quantitative estimate of drug-likeness (QED) is 0.785. The molecule has 0 spiro atoms. The van der Waals surface area contributed by atoms with E-state index in [9.17, 15) is 10.1 Å². The number of nitrogens with one attached hydrogen (secondary N) is 1. The molecule has 5 nitrogen and oxygen atoms in total. The van der Waals surface area contributed by atoms with Gasteiger partial charge in [-0.25, -0.2) is 0 Å². The molecule has 24 heavy (non-hydrogen) atoms. The van der Waals surface area contributed by atoms with E-state index >= 15 is 0 Å². The van der Waals surface area contributed by atoms with Crippen molar-refractivity contribution < 1.29 is 9.47 Å². The number of unbranched alkanes of at least 4 members (excludes halogenated alkanes) is 2. The van der Waals surface area contributed by atoms with E-state index in [-0.39, 0.29) is 11.1 Å². The number of aromatic amines is 1. The lowest BCUT2D eigenvalue weighted by Crippen LogP contribution is -2.12. The molecule has 0 aliphatic rings. The highest BCUT2D eigenvalue weighted by Gasteiger charge is 2.13. The number of benzene rings is 1. The number of H-pyrrole nitrogens is 1. The van der Waals surface area contributed by atoms with Gasteiger partial charge >= 0.3 is 0 Å². The highest BCUT2D eigenvalue weighted by molar-refractivity contribution is 5.72. The van der Waals surface area contributed by atoms with Crippen LogP contribution >= 0.6 is 0 Å². The topological polar surface area (TPSA) is 75.1 Å². The van der Waals surface area contributed by atoms with Gasteiger partial charge in [0.25, 0.3) is 5.56 Å². The van der Waals surface area contributed by atoms with Crippen LogP contribution < -0.4 is 15.0 Å². The van der Waals surface area contributed by atoms with Crippen molar-refractivity contribution in [3.63, 3.8) is 0 Å². The van der Waals surface area contributed by atoms with Crippen LogP contribution in [0.25, 0.3) is 11.1 Å². The van der Waals surface area contributed by atoms with Gasteiger partial charge < -0.3 is 14.5 Å². The number of pyridine rings is 1. The summed E-state index contributed by atoms with van der Waals surface area (Å²) >= 11 is 0. The van der Waals surface area contributed by atoms with Gasteiger partial charge in [-0.2, -0.15) is 5.26 Å². The van der Waals surface area contributed by atoms with Gasteiger partial charge in [-0.05, 0) is 37.1 Å². The summed E-state index contributed by atoms with van der Waals surface area (Å²) in [6.07, 6.45) is 3.25. The minimum absolute atomic E-state index is 0.0965. The minimum atomic E-state index is -0.383. The molecule has 1 N–H and O–H groups in total. The molecule has 0 aliphatic heterocycles. The monoisotopic (exact) mass is 326 g/mol. The predicted octanol–water partition coefficient (Wildman–Crippen LogP) is 3.80. The maximum Gasteiger partial charge on any atom is 0.266 e. The Bertz CT molecular complexity index is 803. The molecule has 0 aliphatic carbocycles. The Morgan fingerprint density at radius 2 is 2.00 bits per heavy atom. The van der Waals surface area contributed by atoms with Crippen LogP contribution in [0.1, 0.15) is 37.4 Å². The van der Waals surface area contributed by atoms with E-state index in [1.807, 2.05) is 18.2 Å². The molecular formula is C19H22N2O3. The molecule has 0 fully saturated rings. The van der Waals surface area contributed by atoms with Crippen LogP contribution in [0.2, 0.25) is 0 Å². The Hall–Kier alpha value is -2.74. The first-order valence-corrected chi connectivity index (χ1v) is 8.06. The molecule has 1 aromatic carbocycles. The second-order valence-electron chi connectivity index (χ2n) is 5.60. The lowest BCUT2D eigenvalue weighted by Gasteiger charge is -2.13. The van der Waals surface area contributed by atoms with Gasteiger partial charge in [0.05, 0.1) is 13.7 Å². The molecule has 0 unspecified atom stereocenters. The summed E-state index contributed by atoms with van der Waals surface area (Å²) in [5.41, 5.74) is 1.76. The zero-order chi connectivity index (χ0) is 17.5. The number of rotatable bonds is 7. The van der Waals surface area contributed by atoms with Crippen molar-refractivity contribution in [2.45, 2.75) is 33.1 Å². The average Bonchev–Trinajstić information content (AvgIpc) is 2.58. The minimum Gasteiger partial charge on any atom is -0.493 e. The fourth-order valence-corrected chi connectivity index (χ4v) is 2.52. The molecule has 0 amide bonds. The standard InChI is InChI=1S/C19H22N2O3/c1-4-5-6-9-24-17-8-7-14(11-18(17)23-3)15-10-13(2)21-19(22)16(15)12-20/h7-8,10-11H,4-6,9H2,1-3H3,(H,21,22). The smallest absolute Gasteiger partial charge is 0.266 e. The molecule has 1 heterocycles. The summed E-state index contributed by atoms with van der Waals surface area (Å²) in [7, 11) is 1.58. The molecule has 0 radical (unpaired) electrons. The van der Waals surface area contributed by atoms with Gasteiger partial charge in [0.1, 0.15) is 11.6 Å². The molecule has 2 rings (SSSR count). The second kappa shape index (κ2) is 8.21. The average molecular weight is 326 g/mol. The first-order chi connectivity index (χ1) is 11.6. The highest BCUT2D eigenvalue weighted by atomic mass is 16.5. The van der Waals surface area contributed by atoms with Crippen molar-refractivity contribution >= 4 is 0 Å². The molecule has 0 bridgehead atoms. The fourth-order valence-electron chi connectivity index (χ4n) is 2.52. The number of ether oxygens (including phenoxy) is 2. The van der Waals surface area contributed by atoms with Crippen LogP contribution in [-0.2, 0) is 0 Å². The van der Waals surface area contributed by atoms with Gasteiger partial charge in [0.2, 0.25) is 0 Å². The van der Waals surface area contributed by atoms with Crippen LogP contribution in [0.3, 0.4) is 0 Å². The molecule has 1 aromatic heterocycles. The van der Waals surface area contributed by atoms with E-state index in [1.165, 1.54) is 0 Å². The Morgan fingerprint density at radius 1 is 1.21 bits per heavy atom. The zero-order valence-corrected chi connectivity index (χ0v) is 14.3. The maximum absolute atomic E-state index is 12.0. The van der Waals surface area contributed by atoms with Gasteiger partial charge in [0, 0.05) is 11.3 Å². The largest absolute Gasteiger partial charge is 0.493 e. The van der Waals surface area contributed by atoms with E-state index in [2.05, 4.69) is 11.9 Å². The van der Waals surface area contributed by atoms with Crippen molar-refractivity contribution in [2.24, 2.45) is 0 Å². The number of aryl methyl sites for hydroxylation is 1. The van der Waals surface area contributed by atoms with Crippen molar-refractivity contribution in [1.82, 2.24) is 4.98 Å². The SMILES string of the molecule is CCCCCOc1ccc(-c2cc(C)[nH]c(=O)c2C#N)cc1OC. The van der Waals surface area contributed by atoms with Crippen molar-refractivity contribution in [3.8, 4) is 28.7 Å². The normalized spacial score (nSPS) is 10.2.